The van der Waals surface area contributed by atoms with Crippen LogP contribution in [0.4, 0.5) is 0 Å². The van der Waals surface area contributed by atoms with E-state index in [1.807, 2.05) is 73.7 Å². The smallest absolute Gasteiger partial charge is 0.298 e. The Balaban J connectivity index is 1.47. The van der Waals surface area contributed by atoms with Crippen LogP contribution in [0.5, 0.6) is 11.8 Å². The van der Waals surface area contributed by atoms with Crippen LogP contribution in [0.1, 0.15) is 38.8 Å². The fraction of sp³-hybridized carbons (Fsp3) is 0.0667. The Bertz CT molecular complexity index is 2130. The minimum atomic E-state index is -0.390. The molecule has 3 N–H and O–H groups in total. The zero-order valence-corrected chi connectivity index (χ0v) is 24.4. The van der Waals surface area contributed by atoms with E-state index in [0.29, 0.717) is 42.3 Å². The number of aryl methyl sites for hydroxylation is 1. The van der Waals surface area contributed by atoms with E-state index < -0.39 is 11.8 Å². The number of fused-ring (bicyclic) bond motifs is 3. The van der Waals surface area contributed by atoms with E-state index in [-0.39, 0.29) is 5.88 Å². The number of carbonyl (C=O) groups is 1. The summed E-state index contributed by atoms with van der Waals surface area (Å²) < 4.78 is 8.40. The number of halogens is 2. The molecule has 0 spiro atoms. The van der Waals surface area contributed by atoms with Crippen molar-refractivity contribution in [1.82, 2.24) is 24.7 Å². The highest BCUT2D eigenvalue weighted by Gasteiger charge is 2.38. The number of aromatic amines is 3. The maximum atomic E-state index is 14.4. The molecular weight excluding hydrogens is 597 g/mol. The van der Waals surface area contributed by atoms with Crippen molar-refractivity contribution >= 4 is 64.4 Å². The lowest BCUT2D eigenvalue weighted by atomic mass is 9.85. The van der Waals surface area contributed by atoms with Gasteiger partial charge in [-0.2, -0.15) is 9.78 Å². The van der Waals surface area contributed by atoms with Gasteiger partial charge in [0.1, 0.15) is 10.3 Å². The van der Waals surface area contributed by atoms with Crippen LogP contribution in [0, 0.1) is 16.3 Å². The van der Waals surface area contributed by atoms with Gasteiger partial charge in [0.15, 0.2) is 4.77 Å². The molecule has 1 aliphatic heterocycles. The highest BCUT2D eigenvalue weighted by molar-refractivity contribution is 7.72. The fourth-order valence-corrected chi connectivity index (χ4v) is 6.34. The molecule has 6 aromatic rings. The summed E-state index contributed by atoms with van der Waals surface area (Å²) in [5.74, 6) is -0.148. The van der Waals surface area contributed by atoms with Crippen LogP contribution in [0.25, 0.3) is 22.0 Å². The first-order valence-corrected chi connectivity index (χ1v) is 14.2. The minimum Gasteiger partial charge on any atom is -0.422 e. The first-order valence-electron chi connectivity index (χ1n) is 12.6. The molecule has 1 unspecified atom stereocenters. The molecule has 0 amide bonds. The molecule has 1 atom stereocenters. The molecule has 7 nitrogen and oxygen atoms in total. The molecule has 202 valence electrons. The predicted molar refractivity (Wildman–Crippen MR) is 165 cm³/mol. The Morgan fingerprint density at radius 1 is 0.927 bits per heavy atom. The highest BCUT2D eigenvalue weighted by Crippen LogP contribution is 2.48. The van der Waals surface area contributed by atoms with Gasteiger partial charge < -0.3 is 19.7 Å². The predicted octanol–water partition coefficient (Wildman–Crippen LogP) is 8.74. The zero-order chi connectivity index (χ0) is 28.4. The first-order chi connectivity index (χ1) is 19.8. The van der Waals surface area contributed by atoms with Crippen LogP contribution in [0.3, 0.4) is 0 Å². The largest absolute Gasteiger partial charge is 0.422 e. The molecule has 0 fully saturated rings. The number of rotatable bonds is 3. The van der Waals surface area contributed by atoms with Crippen LogP contribution >= 0.6 is 47.6 Å². The number of benzene rings is 3. The summed E-state index contributed by atoms with van der Waals surface area (Å²) in [7, 11) is 0. The third-order valence-corrected chi connectivity index (χ3v) is 8.23. The van der Waals surface area contributed by atoms with Gasteiger partial charge >= 0.3 is 0 Å². The van der Waals surface area contributed by atoms with Gasteiger partial charge in [0.25, 0.3) is 5.91 Å². The summed E-state index contributed by atoms with van der Waals surface area (Å²) in [4.78, 5) is 23.8. The van der Waals surface area contributed by atoms with Gasteiger partial charge in [0.2, 0.25) is 11.8 Å². The third kappa shape index (κ3) is 4.24. The van der Waals surface area contributed by atoms with Crippen molar-refractivity contribution < 1.29 is 9.53 Å². The second-order valence-corrected chi connectivity index (χ2v) is 11.4. The molecule has 0 radical (unpaired) electrons. The normalized spacial score (nSPS) is 14.0. The van der Waals surface area contributed by atoms with E-state index in [1.54, 1.807) is 6.07 Å². The van der Waals surface area contributed by atoms with Crippen molar-refractivity contribution in [3.05, 3.63) is 120 Å². The van der Waals surface area contributed by atoms with Gasteiger partial charge in [-0.1, -0.05) is 77.9 Å². The zero-order valence-electron chi connectivity index (χ0n) is 21.3. The molecule has 4 heterocycles. The van der Waals surface area contributed by atoms with Gasteiger partial charge in [-0.25, -0.2) is 0 Å². The Labute approximate surface area is 253 Å². The molecule has 3 aromatic heterocycles. The average Bonchev–Trinajstić information content (AvgIpc) is 3.49. The summed E-state index contributed by atoms with van der Waals surface area (Å²) in [5.41, 5.74) is 5.67. The Morgan fingerprint density at radius 3 is 2.41 bits per heavy atom. The highest BCUT2D eigenvalue weighted by atomic mass is 35.5. The summed E-state index contributed by atoms with van der Waals surface area (Å²) in [6.45, 7) is 1.85. The lowest BCUT2D eigenvalue weighted by molar-refractivity contribution is 0.0931. The maximum absolute atomic E-state index is 14.4. The molecule has 0 saturated carbocycles. The molecule has 7 rings (SSSR count). The molecular formula is C30H19Cl2N5O2S2. The van der Waals surface area contributed by atoms with E-state index in [2.05, 4.69) is 15.0 Å². The lowest BCUT2D eigenvalue weighted by Gasteiger charge is -2.26. The number of nitrogens with zero attached hydrogens (tertiary/aromatic N) is 2. The van der Waals surface area contributed by atoms with Crippen molar-refractivity contribution in [3.63, 3.8) is 0 Å². The Kier molecular flexibility index (Phi) is 6.20. The molecule has 41 heavy (non-hydrogen) atoms. The summed E-state index contributed by atoms with van der Waals surface area (Å²) in [6, 6.07) is 22.7. The standard InChI is InChI=1S/C30H19Cl2N5O2S2/c1-14-21-23(16-7-9-17(31)10-8-16)24-26(34-30(41)35-27(24)40)39-29(21)37(36-14)28(38)25-22(15-5-3-2-4-6-15)19-13-18(32)11-12-20(19)33-25/h2-13,23,33H,1H3,(H2,34,35,40,41). The van der Waals surface area contributed by atoms with Crippen molar-refractivity contribution in [1.29, 1.82) is 0 Å². The van der Waals surface area contributed by atoms with Crippen molar-refractivity contribution in [2.75, 3.05) is 0 Å². The van der Waals surface area contributed by atoms with E-state index in [4.69, 9.17) is 57.5 Å². The SMILES string of the molecule is Cc1nn(C(=O)c2[nH]c3ccc(Cl)cc3c2-c2ccccc2)c2c1C(c1ccc(Cl)cc1)c1c([nH]c(=S)[nH]c1=S)O2. The van der Waals surface area contributed by atoms with Crippen LogP contribution in [-0.4, -0.2) is 30.6 Å². The molecule has 0 bridgehead atoms. The Hall–Kier alpha value is -4.02. The molecule has 3 aromatic carbocycles. The average molecular weight is 617 g/mol. The Morgan fingerprint density at radius 2 is 1.66 bits per heavy atom. The lowest BCUT2D eigenvalue weighted by Crippen LogP contribution is -2.20. The summed E-state index contributed by atoms with van der Waals surface area (Å²) in [6.07, 6.45) is 0. The van der Waals surface area contributed by atoms with Crippen LogP contribution in [0.2, 0.25) is 10.0 Å². The van der Waals surface area contributed by atoms with Gasteiger partial charge in [-0.15, -0.1) is 0 Å². The van der Waals surface area contributed by atoms with Crippen LogP contribution in [-0.2, 0) is 0 Å². The number of ether oxygens (including phenoxy) is 1. The van der Waals surface area contributed by atoms with Gasteiger partial charge in [-0.05, 0) is 60.6 Å². The van der Waals surface area contributed by atoms with Gasteiger partial charge in [-0.3, -0.25) is 4.79 Å². The van der Waals surface area contributed by atoms with Crippen molar-refractivity contribution in [2.24, 2.45) is 0 Å². The van der Waals surface area contributed by atoms with E-state index in [1.165, 1.54) is 4.68 Å². The molecule has 0 aliphatic carbocycles. The fourth-order valence-electron chi connectivity index (χ4n) is 5.47. The van der Waals surface area contributed by atoms with Crippen LogP contribution in [0.15, 0.2) is 72.8 Å². The van der Waals surface area contributed by atoms with Gasteiger partial charge in [0.05, 0.1) is 16.8 Å². The molecule has 0 saturated heterocycles. The number of nitrogens with one attached hydrogen (secondary N) is 3. The monoisotopic (exact) mass is 615 g/mol. The summed E-state index contributed by atoms with van der Waals surface area (Å²) in [5, 5.41) is 6.70. The third-order valence-electron chi connectivity index (χ3n) is 7.21. The topological polar surface area (TPSA) is 91.5 Å². The van der Waals surface area contributed by atoms with Gasteiger partial charge in [0, 0.05) is 32.4 Å². The van der Waals surface area contributed by atoms with E-state index in [0.717, 1.165) is 33.2 Å². The van der Waals surface area contributed by atoms with E-state index in [9.17, 15) is 4.79 Å². The number of H-pyrrole nitrogens is 3. The number of hydrogen-bond donors (Lipinski definition) is 3. The van der Waals surface area contributed by atoms with Crippen LogP contribution < -0.4 is 4.74 Å². The molecule has 1 aliphatic rings. The van der Waals surface area contributed by atoms with E-state index >= 15 is 0 Å². The summed E-state index contributed by atoms with van der Waals surface area (Å²) >= 11 is 23.6. The maximum Gasteiger partial charge on any atom is 0.298 e. The van der Waals surface area contributed by atoms with Crippen molar-refractivity contribution in [3.8, 4) is 22.9 Å². The molecule has 11 heteroatoms. The second kappa shape index (κ2) is 9.81. The number of aromatic nitrogens is 5. The number of hydrogen-bond acceptors (Lipinski definition) is 5. The quantitative estimate of drug-likeness (QED) is 0.173. The van der Waals surface area contributed by atoms with Crippen molar-refractivity contribution in [2.45, 2.75) is 12.8 Å². The first kappa shape index (κ1) is 25.9. The number of carbonyl (C=O) groups excluding carboxylic acids is 1. The minimum absolute atomic E-state index is 0.280. The second-order valence-electron chi connectivity index (χ2n) is 9.69.